The third-order valence-electron chi connectivity index (χ3n) is 4.89. The number of carbonyl (C=O) groups excluding carboxylic acids is 2. The third-order valence-corrected chi connectivity index (χ3v) is 4.89. The highest BCUT2D eigenvalue weighted by atomic mass is 16.6. The zero-order chi connectivity index (χ0) is 23.9. The fraction of sp³-hybridized carbons (Fsp3) is 0.160. The number of methoxy groups -OCH3 is 2. The maximum Gasteiger partial charge on any atom is 0.343 e. The van der Waals surface area contributed by atoms with Gasteiger partial charge in [0.15, 0.2) is 23.0 Å². The summed E-state index contributed by atoms with van der Waals surface area (Å²) >= 11 is 0. The Kier molecular flexibility index (Phi) is 6.92. The van der Waals surface area contributed by atoms with Gasteiger partial charge in [-0.2, -0.15) is 5.10 Å². The van der Waals surface area contributed by atoms with Crippen molar-refractivity contribution in [1.82, 2.24) is 5.43 Å². The third kappa shape index (κ3) is 5.26. The Morgan fingerprint density at radius 3 is 2.59 bits per heavy atom. The molecule has 9 heteroatoms. The van der Waals surface area contributed by atoms with Gasteiger partial charge >= 0.3 is 5.97 Å². The Morgan fingerprint density at radius 1 is 0.971 bits per heavy atom. The van der Waals surface area contributed by atoms with E-state index in [2.05, 4.69) is 10.5 Å². The average Bonchev–Trinajstić information content (AvgIpc) is 2.89. The molecule has 0 bridgehead atoms. The lowest BCUT2D eigenvalue weighted by Gasteiger charge is -2.24. The van der Waals surface area contributed by atoms with Crippen LogP contribution < -0.4 is 29.1 Å². The van der Waals surface area contributed by atoms with Gasteiger partial charge in [-0.05, 0) is 54.1 Å². The lowest BCUT2D eigenvalue weighted by molar-refractivity contribution is -0.130. The van der Waals surface area contributed by atoms with Crippen LogP contribution in [0.1, 0.15) is 15.9 Å². The number of para-hydroxylation sites is 2. The lowest BCUT2D eigenvalue weighted by Crippen LogP contribution is -2.42. The molecule has 0 radical (unpaired) electrons. The minimum atomic E-state index is -0.819. The van der Waals surface area contributed by atoms with Crippen LogP contribution in [0.2, 0.25) is 0 Å². The number of fused-ring (bicyclic) bond motifs is 1. The minimum absolute atomic E-state index is 0.0829. The molecule has 1 atom stereocenters. The number of carbonyl (C=O) groups is 2. The van der Waals surface area contributed by atoms with Crippen LogP contribution in [0, 0.1) is 0 Å². The van der Waals surface area contributed by atoms with E-state index in [1.165, 1.54) is 20.4 Å². The summed E-state index contributed by atoms with van der Waals surface area (Å²) in [6.45, 7) is 0.0829. The first-order valence-electron chi connectivity index (χ1n) is 10.3. The van der Waals surface area contributed by atoms with E-state index in [1.54, 1.807) is 60.7 Å². The predicted octanol–water partition coefficient (Wildman–Crippen LogP) is 3.21. The van der Waals surface area contributed by atoms with Gasteiger partial charge in [0.05, 0.1) is 26.0 Å². The SMILES string of the molecule is COc1cccc(C(=O)Oc2ccc(/C=N/NC(=O)C3COc4ccccc4O3)cc2OC)c1. The van der Waals surface area contributed by atoms with Gasteiger partial charge in [0.2, 0.25) is 6.10 Å². The monoisotopic (exact) mass is 462 g/mol. The van der Waals surface area contributed by atoms with Crippen LogP contribution in [0.15, 0.2) is 71.8 Å². The molecule has 1 amide bonds. The quantitative estimate of drug-likeness (QED) is 0.249. The number of hydrogen-bond donors (Lipinski definition) is 1. The number of ether oxygens (including phenoxy) is 5. The highest BCUT2D eigenvalue weighted by molar-refractivity contribution is 5.92. The number of nitrogens with zero attached hydrogens (tertiary/aromatic N) is 1. The van der Waals surface area contributed by atoms with Crippen LogP contribution in [0.3, 0.4) is 0 Å². The fourth-order valence-corrected chi connectivity index (χ4v) is 3.15. The van der Waals surface area contributed by atoms with Gasteiger partial charge in [-0.3, -0.25) is 4.79 Å². The van der Waals surface area contributed by atoms with Crippen LogP contribution in [0.5, 0.6) is 28.7 Å². The molecular formula is C25H22N2O7. The number of esters is 1. The first-order chi connectivity index (χ1) is 16.6. The number of nitrogens with one attached hydrogen (secondary N) is 1. The molecule has 1 heterocycles. The van der Waals surface area contributed by atoms with Crippen molar-refractivity contribution in [2.75, 3.05) is 20.8 Å². The van der Waals surface area contributed by atoms with Crippen molar-refractivity contribution in [1.29, 1.82) is 0 Å². The number of hydrogen-bond acceptors (Lipinski definition) is 8. The molecule has 1 aliphatic heterocycles. The summed E-state index contributed by atoms with van der Waals surface area (Å²) in [7, 11) is 2.98. The van der Waals surface area contributed by atoms with E-state index in [0.29, 0.717) is 34.1 Å². The summed E-state index contributed by atoms with van der Waals surface area (Å²) < 4.78 is 27.1. The maximum absolute atomic E-state index is 12.5. The average molecular weight is 462 g/mol. The van der Waals surface area contributed by atoms with E-state index in [-0.39, 0.29) is 12.4 Å². The second-order valence-electron chi connectivity index (χ2n) is 7.13. The second-order valence-corrected chi connectivity index (χ2v) is 7.13. The van der Waals surface area contributed by atoms with Crippen LogP contribution in [-0.4, -0.2) is 45.0 Å². The standard InChI is InChI=1S/C25H22N2O7/c1-30-18-7-5-6-17(13-18)25(29)34-21-11-10-16(12-22(21)31-2)14-26-27-24(28)23-15-32-19-8-3-4-9-20(19)33-23/h3-14,23H,15H2,1-2H3,(H,27,28)/b26-14+. The van der Waals surface area contributed by atoms with Gasteiger partial charge in [0, 0.05) is 0 Å². The lowest BCUT2D eigenvalue weighted by atomic mass is 10.2. The van der Waals surface area contributed by atoms with Crippen molar-refractivity contribution in [2.24, 2.45) is 5.10 Å². The van der Waals surface area contributed by atoms with Crippen molar-refractivity contribution >= 4 is 18.1 Å². The second kappa shape index (κ2) is 10.4. The molecule has 1 unspecified atom stereocenters. The molecule has 3 aromatic rings. The van der Waals surface area contributed by atoms with Gasteiger partial charge in [-0.25, -0.2) is 10.2 Å². The summed E-state index contributed by atoms with van der Waals surface area (Å²) in [5.41, 5.74) is 3.39. The van der Waals surface area contributed by atoms with Crippen LogP contribution in [0.25, 0.3) is 0 Å². The molecule has 0 spiro atoms. The van der Waals surface area contributed by atoms with E-state index in [4.69, 9.17) is 23.7 Å². The van der Waals surface area contributed by atoms with E-state index in [1.807, 2.05) is 6.07 Å². The molecule has 0 fully saturated rings. The van der Waals surface area contributed by atoms with E-state index in [0.717, 1.165) is 0 Å². The molecule has 1 N–H and O–H groups in total. The summed E-state index contributed by atoms with van der Waals surface area (Å²) in [4.78, 5) is 24.8. The van der Waals surface area contributed by atoms with Gasteiger partial charge in [0.25, 0.3) is 5.91 Å². The zero-order valence-electron chi connectivity index (χ0n) is 18.5. The Morgan fingerprint density at radius 2 is 1.79 bits per heavy atom. The predicted molar refractivity (Wildman–Crippen MR) is 123 cm³/mol. The zero-order valence-corrected chi connectivity index (χ0v) is 18.5. The molecule has 174 valence electrons. The summed E-state index contributed by atoms with van der Waals surface area (Å²) in [5.74, 6) is 1.21. The van der Waals surface area contributed by atoms with Gasteiger partial charge in [0.1, 0.15) is 12.4 Å². The van der Waals surface area contributed by atoms with Crippen LogP contribution in [-0.2, 0) is 4.79 Å². The van der Waals surface area contributed by atoms with Crippen LogP contribution in [0.4, 0.5) is 0 Å². The fourth-order valence-electron chi connectivity index (χ4n) is 3.15. The van der Waals surface area contributed by atoms with Crippen molar-refractivity contribution in [3.05, 3.63) is 77.9 Å². The first kappa shape index (κ1) is 22.7. The van der Waals surface area contributed by atoms with Crippen molar-refractivity contribution in [3.8, 4) is 28.7 Å². The van der Waals surface area contributed by atoms with Gasteiger partial charge in [-0.1, -0.05) is 18.2 Å². The van der Waals surface area contributed by atoms with E-state index < -0.39 is 18.0 Å². The van der Waals surface area contributed by atoms with Crippen LogP contribution >= 0.6 is 0 Å². The Balaban J connectivity index is 1.37. The van der Waals surface area contributed by atoms with E-state index >= 15 is 0 Å². The number of hydrazone groups is 1. The Bertz CT molecular complexity index is 1230. The largest absolute Gasteiger partial charge is 0.497 e. The summed E-state index contributed by atoms with van der Waals surface area (Å²) in [5, 5.41) is 3.97. The number of rotatable bonds is 7. The maximum atomic E-state index is 12.5. The Labute approximate surface area is 195 Å². The highest BCUT2D eigenvalue weighted by Gasteiger charge is 2.27. The smallest absolute Gasteiger partial charge is 0.343 e. The highest BCUT2D eigenvalue weighted by Crippen LogP contribution is 2.31. The summed E-state index contributed by atoms with van der Waals surface area (Å²) in [6, 6.07) is 18.6. The van der Waals surface area contributed by atoms with Crippen molar-refractivity contribution in [2.45, 2.75) is 6.10 Å². The van der Waals surface area contributed by atoms with Gasteiger partial charge in [-0.15, -0.1) is 0 Å². The van der Waals surface area contributed by atoms with Crippen molar-refractivity contribution in [3.63, 3.8) is 0 Å². The molecule has 4 rings (SSSR count). The molecule has 34 heavy (non-hydrogen) atoms. The molecule has 0 aromatic heterocycles. The molecule has 3 aromatic carbocycles. The molecular weight excluding hydrogens is 440 g/mol. The molecule has 0 saturated carbocycles. The molecule has 0 saturated heterocycles. The van der Waals surface area contributed by atoms with Gasteiger partial charge < -0.3 is 23.7 Å². The molecule has 9 nitrogen and oxygen atoms in total. The summed E-state index contributed by atoms with van der Waals surface area (Å²) in [6.07, 6.45) is 0.617. The first-order valence-corrected chi connectivity index (χ1v) is 10.3. The number of amides is 1. The molecule has 0 aliphatic carbocycles. The minimum Gasteiger partial charge on any atom is -0.497 e. The van der Waals surface area contributed by atoms with Crippen molar-refractivity contribution < 1.29 is 33.3 Å². The number of benzene rings is 3. The normalized spacial score (nSPS) is 14.4. The Hall–Kier alpha value is -4.53. The topological polar surface area (TPSA) is 105 Å². The van der Waals surface area contributed by atoms with E-state index in [9.17, 15) is 9.59 Å². The molecule has 1 aliphatic rings.